The first-order chi connectivity index (χ1) is 6.15. The molecule has 1 aliphatic rings. The molecule has 0 bridgehead atoms. The van der Waals surface area contributed by atoms with E-state index in [1.807, 2.05) is 11.9 Å². The Morgan fingerprint density at radius 3 is 2.92 bits per heavy atom. The topological polar surface area (TPSA) is 53.9 Å². The van der Waals surface area contributed by atoms with Gasteiger partial charge in [0.05, 0.1) is 13.7 Å². The number of aliphatic imine (C=N–C) groups is 1. The molecule has 5 heteroatoms. The minimum absolute atomic E-state index is 0.275. The van der Waals surface area contributed by atoms with Gasteiger partial charge in [-0.1, -0.05) is 0 Å². The molecule has 0 saturated heterocycles. The van der Waals surface area contributed by atoms with E-state index in [1.165, 1.54) is 7.11 Å². The predicted octanol–water partition coefficient (Wildman–Crippen LogP) is -0.561. The van der Waals surface area contributed by atoms with Gasteiger partial charge in [-0.15, -0.1) is 0 Å². The van der Waals surface area contributed by atoms with Crippen molar-refractivity contribution in [1.29, 1.82) is 0 Å². The molecule has 74 valence electrons. The highest BCUT2D eigenvalue weighted by atomic mass is 16.5. The summed E-state index contributed by atoms with van der Waals surface area (Å²) in [7, 11) is 3.31. The first kappa shape index (κ1) is 9.83. The molecule has 0 spiro atoms. The van der Waals surface area contributed by atoms with Crippen LogP contribution in [0.25, 0.3) is 0 Å². The molecule has 5 nitrogen and oxygen atoms in total. The van der Waals surface area contributed by atoms with Crippen LogP contribution in [0.3, 0.4) is 0 Å². The van der Waals surface area contributed by atoms with Crippen LogP contribution in [0, 0.1) is 0 Å². The Morgan fingerprint density at radius 2 is 2.46 bits per heavy atom. The van der Waals surface area contributed by atoms with Gasteiger partial charge in [-0.3, -0.25) is 4.99 Å². The Morgan fingerprint density at radius 1 is 1.77 bits per heavy atom. The lowest BCUT2D eigenvalue weighted by Gasteiger charge is -2.18. The molecular weight excluding hydrogens is 170 g/mol. The zero-order chi connectivity index (χ0) is 9.84. The third-order valence-electron chi connectivity index (χ3n) is 1.96. The molecule has 1 heterocycles. The predicted molar refractivity (Wildman–Crippen MR) is 49.5 cm³/mol. The number of ether oxygens (including phenoxy) is 1. The number of nitrogens with one attached hydrogen (secondary N) is 1. The van der Waals surface area contributed by atoms with Gasteiger partial charge in [0.1, 0.15) is 6.04 Å². The van der Waals surface area contributed by atoms with Crippen LogP contribution in [-0.4, -0.2) is 50.1 Å². The maximum atomic E-state index is 11.0. The van der Waals surface area contributed by atoms with Gasteiger partial charge >= 0.3 is 5.97 Å². The van der Waals surface area contributed by atoms with E-state index in [4.69, 9.17) is 0 Å². The zero-order valence-corrected chi connectivity index (χ0v) is 8.20. The van der Waals surface area contributed by atoms with Gasteiger partial charge < -0.3 is 15.0 Å². The molecule has 0 radical (unpaired) electrons. The van der Waals surface area contributed by atoms with Crippen molar-refractivity contribution < 1.29 is 9.53 Å². The maximum absolute atomic E-state index is 11.0. The quantitative estimate of drug-likeness (QED) is 0.586. The zero-order valence-electron chi connectivity index (χ0n) is 8.20. The van der Waals surface area contributed by atoms with E-state index < -0.39 is 0 Å². The minimum atomic E-state index is -0.343. The second kappa shape index (κ2) is 4.11. The van der Waals surface area contributed by atoms with Crippen molar-refractivity contribution in [1.82, 2.24) is 10.2 Å². The molecule has 1 N–H and O–H groups in total. The number of hydrogen-bond acceptors (Lipinski definition) is 5. The number of hydrogen-bond donors (Lipinski definition) is 1. The lowest BCUT2D eigenvalue weighted by molar-refractivity contribution is -0.142. The van der Waals surface area contributed by atoms with Crippen LogP contribution in [0.4, 0.5) is 0 Å². The summed E-state index contributed by atoms with van der Waals surface area (Å²) < 4.78 is 4.58. The van der Waals surface area contributed by atoms with Crippen LogP contribution in [-0.2, 0) is 9.53 Å². The summed E-state index contributed by atoms with van der Waals surface area (Å²) in [6, 6.07) is -0.343. The summed E-state index contributed by atoms with van der Waals surface area (Å²) in [5.41, 5.74) is 0. The SMILES string of the molecule is COC(=O)C(C)NC1=NCCN1C. The fourth-order valence-electron chi connectivity index (χ4n) is 1.12. The molecular formula is C8H15N3O2. The monoisotopic (exact) mass is 185 g/mol. The molecule has 0 amide bonds. The fraction of sp³-hybridized carbons (Fsp3) is 0.750. The van der Waals surface area contributed by atoms with Crippen molar-refractivity contribution in [3.63, 3.8) is 0 Å². The van der Waals surface area contributed by atoms with Gasteiger partial charge in [-0.25, -0.2) is 4.79 Å². The van der Waals surface area contributed by atoms with E-state index in [0.29, 0.717) is 0 Å². The summed E-state index contributed by atoms with van der Waals surface area (Å²) in [4.78, 5) is 17.2. The smallest absolute Gasteiger partial charge is 0.328 e. The molecule has 1 aliphatic heterocycles. The third kappa shape index (κ3) is 2.34. The second-order valence-corrected chi connectivity index (χ2v) is 3.02. The van der Waals surface area contributed by atoms with Crippen LogP contribution in [0.2, 0.25) is 0 Å². The molecule has 0 aliphatic carbocycles. The Labute approximate surface area is 77.8 Å². The standard InChI is InChI=1S/C8H15N3O2/c1-6(7(12)13-3)10-8-9-4-5-11(8)2/h6H,4-5H2,1-3H3,(H,9,10). The molecule has 1 rings (SSSR count). The van der Waals surface area contributed by atoms with E-state index >= 15 is 0 Å². The fourth-order valence-corrected chi connectivity index (χ4v) is 1.12. The molecule has 0 saturated carbocycles. The lowest BCUT2D eigenvalue weighted by Crippen LogP contribution is -2.44. The maximum Gasteiger partial charge on any atom is 0.328 e. The van der Waals surface area contributed by atoms with Crippen LogP contribution >= 0.6 is 0 Å². The van der Waals surface area contributed by atoms with Crippen molar-refractivity contribution in [3.8, 4) is 0 Å². The molecule has 0 fully saturated rings. The van der Waals surface area contributed by atoms with Crippen LogP contribution in [0.15, 0.2) is 4.99 Å². The van der Waals surface area contributed by atoms with Gasteiger partial charge in [0.15, 0.2) is 5.96 Å². The number of guanidine groups is 1. The molecule has 0 aromatic heterocycles. The number of nitrogens with zero attached hydrogens (tertiary/aromatic N) is 2. The summed E-state index contributed by atoms with van der Waals surface area (Å²) in [6.07, 6.45) is 0. The summed E-state index contributed by atoms with van der Waals surface area (Å²) in [5.74, 6) is 0.487. The van der Waals surface area contributed by atoms with Crippen LogP contribution < -0.4 is 5.32 Å². The Bertz CT molecular complexity index is 227. The highest BCUT2D eigenvalue weighted by Crippen LogP contribution is 1.97. The number of carbonyl (C=O) groups excluding carboxylic acids is 1. The summed E-state index contributed by atoms with van der Waals surface area (Å²) in [5, 5.41) is 2.98. The number of likely N-dealkylation sites (N-methyl/N-ethyl adjacent to an activating group) is 1. The van der Waals surface area contributed by atoms with Gasteiger partial charge in [0.2, 0.25) is 0 Å². The molecule has 1 atom stereocenters. The van der Waals surface area contributed by atoms with Crippen molar-refractivity contribution in [2.75, 3.05) is 27.2 Å². The largest absolute Gasteiger partial charge is 0.467 e. The molecule has 1 unspecified atom stereocenters. The number of methoxy groups -OCH3 is 1. The first-order valence-electron chi connectivity index (χ1n) is 4.25. The number of rotatable bonds is 2. The van der Waals surface area contributed by atoms with E-state index in [-0.39, 0.29) is 12.0 Å². The normalized spacial score (nSPS) is 18.1. The third-order valence-corrected chi connectivity index (χ3v) is 1.96. The van der Waals surface area contributed by atoms with Crippen molar-refractivity contribution in [2.45, 2.75) is 13.0 Å². The van der Waals surface area contributed by atoms with Crippen molar-refractivity contribution in [3.05, 3.63) is 0 Å². The minimum Gasteiger partial charge on any atom is -0.467 e. The second-order valence-electron chi connectivity index (χ2n) is 3.02. The van der Waals surface area contributed by atoms with Gasteiger partial charge in [0, 0.05) is 13.6 Å². The van der Waals surface area contributed by atoms with Crippen LogP contribution in [0.5, 0.6) is 0 Å². The van der Waals surface area contributed by atoms with Gasteiger partial charge in [0.25, 0.3) is 0 Å². The Hall–Kier alpha value is -1.26. The molecule has 0 aromatic carbocycles. The van der Waals surface area contributed by atoms with Gasteiger partial charge in [-0.05, 0) is 6.92 Å². The van der Waals surface area contributed by atoms with E-state index in [9.17, 15) is 4.79 Å². The molecule has 0 aromatic rings. The van der Waals surface area contributed by atoms with E-state index in [1.54, 1.807) is 6.92 Å². The highest BCUT2D eigenvalue weighted by molar-refractivity contribution is 5.86. The van der Waals surface area contributed by atoms with Crippen molar-refractivity contribution >= 4 is 11.9 Å². The van der Waals surface area contributed by atoms with Crippen molar-refractivity contribution in [2.24, 2.45) is 4.99 Å². The Kier molecular flexibility index (Phi) is 3.11. The van der Waals surface area contributed by atoms with Gasteiger partial charge in [-0.2, -0.15) is 0 Å². The number of esters is 1. The van der Waals surface area contributed by atoms with E-state index in [2.05, 4.69) is 15.0 Å². The average Bonchev–Trinajstić information content (AvgIpc) is 2.50. The average molecular weight is 185 g/mol. The highest BCUT2D eigenvalue weighted by Gasteiger charge is 2.18. The molecule has 13 heavy (non-hydrogen) atoms. The lowest BCUT2D eigenvalue weighted by atomic mass is 10.3. The Balaban J connectivity index is 2.44. The summed E-state index contributed by atoms with van der Waals surface area (Å²) >= 11 is 0. The van der Waals surface area contributed by atoms with E-state index in [0.717, 1.165) is 19.0 Å². The number of carbonyl (C=O) groups is 1. The summed E-state index contributed by atoms with van der Waals surface area (Å²) in [6.45, 7) is 3.43. The van der Waals surface area contributed by atoms with Crippen LogP contribution in [0.1, 0.15) is 6.92 Å². The first-order valence-corrected chi connectivity index (χ1v) is 4.25.